The van der Waals surface area contributed by atoms with Crippen LogP contribution in [0.15, 0.2) is 66.4 Å². The van der Waals surface area contributed by atoms with Crippen LogP contribution in [0, 0.1) is 0 Å². The lowest BCUT2D eigenvalue weighted by atomic mass is 9.94. The van der Waals surface area contributed by atoms with Crippen molar-refractivity contribution in [1.82, 2.24) is 10.6 Å². The molecule has 1 heterocycles. The van der Waals surface area contributed by atoms with Gasteiger partial charge in [-0.25, -0.2) is 0 Å². The third kappa shape index (κ3) is 4.97. The molecule has 1 aliphatic heterocycles. The predicted octanol–water partition coefficient (Wildman–Crippen LogP) is 3.70. The Morgan fingerprint density at radius 3 is 2.68 bits per heavy atom. The van der Waals surface area contributed by atoms with E-state index in [0.29, 0.717) is 45.9 Å². The number of hydrogen-bond acceptors (Lipinski definition) is 5. The van der Waals surface area contributed by atoms with E-state index in [4.69, 9.17) is 26.4 Å². The van der Waals surface area contributed by atoms with E-state index in [2.05, 4.69) is 22.5 Å². The van der Waals surface area contributed by atoms with Gasteiger partial charge in [0.25, 0.3) is 5.91 Å². The molecule has 0 saturated carbocycles. The lowest BCUT2D eigenvalue weighted by molar-refractivity contribution is -0.113. The Balaban J connectivity index is 2.00. The molecule has 1 aliphatic rings. The van der Waals surface area contributed by atoms with Crippen LogP contribution in [0.2, 0.25) is 0 Å². The number of hydrogen-bond donors (Lipinski definition) is 3. The molecule has 2 aromatic rings. The van der Waals surface area contributed by atoms with Gasteiger partial charge in [0.15, 0.2) is 5.11 Å². The SMILES string of the molecule is C=CCOc1ccccc1C1NC(=S)NC(C)=C1C(=O)Nc1cc(OC)ccc1OC. The van der Waals surface area contributed by atoms with Crippen molar-refractivity contribution in [3.63, 3.8) is 0 Å². The quantitative estimate of drug-likeness (QED) is 0.427. The first-order valence-corrected chi connectivity index (χ1v) is 10.0. The van der Waals surface area contributed by atoms with Crippen molar-refractivity contribution in [1.29, 1.82) is 0 Å². The minimum Gasteiger partial charge on any atom is -0.497 e. The van der Waals surface area contributed by atoms with Gasteiger partial charge >= 0.3 is 0 Å². The first-order valence-electron chi connectivity index (χ1n) is 9.62. The second-order valence-electron chi connectivity index (χ2n) is 6.73. The molecule has 2 aromatic carbocycles. The molecule has 162 valence electrons. The highest BCUT2D eigenvalue weighted by Crippen LogP contribution is 2.35. The third-order valence-electron chi connectivity index (χ3n) is 4.76. The van der Waals surface area contributed by atoms with E-state index < -0.39 is 6.04 Å². The fourth-order valence-electron chi connectivity index (χ4n) is 3.33. The van der Waals surface area contributed by atoms with Crippen molar-refractivity contribution in [2.45, 2.75) is 13.0 Å². The molecule has 0 spiro atoms. The molecule has 1 atom stereocenters. The normalized spacial score (nSPS) is 15.5. The lowest BCUT2D eigenvalue weighted by Crippen LogP contribution is -2.45. The molecule has 31 heavy (non-hydrogen) atoms. The van der Waals surface area contributed by atoms with Crippen molar-refractivity contribution in [3.8, 4) is 17.2 Å². The van der Waals surface area contributed by atoms with Crippen LogP contribution in [0.25, 0.3) is 0 Å². The Morgan fingerprint density at radius 1 is 1.19 bits per heavy atom. The van der Waals surface area contributed by atoms with E-state index in [1.165, 1.54) is 0 Å². The number of benzene rings is 2. The number of nitrogens with one attached hydrogen (secondary N) is 3. The van der Waals surface area contributed by atoms with Crippen LogP contribution in [0.5, 0.6) is 17.2 Å². The van der Waals surface area contributed by atoms with E-state index in [9.17, 15) is 4.79 Å². The fourth-order valence-corrected chi connectivity index (χ4v) is 3.60. The molecule has 1 unspecified atom stereocenters. The molecule has 0 fully saturated rings. The van der Waals surface area contributed by atoms with Gasteiger partial charge in [-0.05, 0) is 37.3 Å². The lowest BCUT2D eigenvalue weighted by Gasteiger charge is -2.31. The minimum atomic E-state index is -0.508. The largest absolute Gasteiger partial charge is 0.497 e. The molecule has 0 saturated heterocycles. The molecule has 0 aliphatic carbocycles. The highest BCUT2D eigenvalue weighted by Gasteiger charge is 2.32. The van der Waals surface area contributed by atoms with E-state index in [0.717, 1.165) is 5.56 Å². The van der Waals surface area contributed by atoms with Gasteiger partial charge in [-0.3, -0.25) is 4.79 Å². The number of carbonyl (C=O) groups is 1. The van der Waals surface area contributed by atoms with Gasteiger partial charge in [0.2, 0.25) is 0 Å². The smallest absolute Gasteiger partial charge is 0.255 e. The summed E-state index contributed by atoms with van der Waals surface area (Å²) >= 11 is 5.35. The van der Waals surface area contributed by atoms with Gasteiger partial charge in [-0.2, -0.15) is 0 Å². The van der Waals surface area contributed by atoms with Crippen LogP contribution >= 0.6 is 12.2 Å². The third-order valence-corrected chi connectivity index (χ3v) is 4.98. The van der Waals surface area contributed by atoms with Crippen LogP contribution < -0.4 is 30.2 Å². The fraction of sp³-hybridized carbons (Fsp3) is 0.217. The van der Waals surface area contributed by atoms with Gasteiger partial charge in [0.05, 0.1) is 31.5 Å². The average molecular weight is 440 g/mol. The van der Waals surface area contributed by atoms with Crippen molar-refractivity contribution < 1.29 is 19.0 Å². The average Bonchev–Trinajstić information content (AvgIpc) is 2.77. The Kier molecular flexibility index (Phi) is 7.15. The summed E-state index contributed by atoms with van der Waals surface area (Å²) in [6.45, 7) is 5.85. The van der Waals surface area contributed by atoms with Crippen molar-refractivity contribution in [3.05, 3.63) is 72.0 Å². The number of carbonyl (C=O) groups excluding carboxylic acids is 1. The predicted molar refractivity (Wildman–Crippen MR) is 125 cm³/mol. The monoisotopic (exact) mass is 439 g/mol. The van der Waals surface area contributed by atoms with E-state index in [-0.39, 0.29) is 5.91 Å². The number of rotatable bonds is 8. The number of ether oxygens (including phenoxy) is 3. The number of para-hydroxylation sites is 1. The molecule has 0 radical (unpaired) electrons. The van der Waals surface area contributed by atoms with Crippen LogP contribution in [-0.4, -0.2) is 31.8 Å². The van der Waals surface area contributed by atoms with Crippen LogP contribution in [-0.2, 0) is 4.79 Å². The summed E-state index contributed by atoms with van der Waals surface area (Å²) in [6, 6.07) is 12.2. The molecule has 1 amide bonds. The van der Waals surface area contributed by atoms with Crippen molar-refractivity contribution in [2.24, 2.45) is 0 Å². The Hall–Kier alpha value is -3.52. The zero-order valence-electron chi connectivity index (χ0n) is 17.7. The van der Waals surface area contributed by atoms with Gasteiger partial charge in [0.1, 0.15) is 23.9 Å². The molecule has 0 bridgehead atoms. The van der Waals surface area contributed by atoms with Gasteiger partial charge in [0, 0.05) is 17.3 Å². The maximum absolute atomic E-state index is 13.4. The highest BCUT2D eigenvalue weighted by atomic mass is 32.1. The maximum atomic E-state index is 13.4. The number of anilines is 1. The Morgan fingerprint density at radius 2 is 1.97 bits per heavy atom. The standard InChI is InChI=1S/C23H25N3O4S/c1-5-12-30-18-9-7-6-8-16(18)21-20(14(2)24-23(31)26-21)22(27)25-17-13-15(28-3)10-11-19(17)29-4/h5-11,13,21H,1,12H2,2-4H3,(H,25,27)(H2,24,26,31). The molecule has 0 aromatic heterocycles. The van der Waals surface area contributed by atoms with Gasteiger partial charge in [-0.15, -0.1) is 0 Å². The summed E-state index contributed by atoms with van der Waals surface area (Å²) < 4.78 is 16.5. The Bertz CT molecular complexity index is 1040. The van der Waals surface area contributed by atoms with Crippen LogP contribution in [0.3, 0.4) is 0 Å². The van der Waals surface area contributed by atoms with E-state index in [1.54, 1.807) is 38.5 Å². The molecule has 8 heteroatoms. The summed E-state index contributed by atoms with van der Waals surface area (Å²) in [5.74, 6) is 1.45. The molecule has 3 N–H and O–H groups in total. The first-order chi connectivity index (χ1) is 15.0. The number of methoxy groups -OCH3 is 2. The van der Waals surface area contributed by atoms with Gasteiger partial charge in [-0.1, -0.05) is 30.9 Å². The maximum Gasteiger partial charge on any atom is 0.255 e. The molecule has 7 nitrogen and oxygen atoms in total. The first kappa shape index (κ1) is 22.2. The van der Waals surface area contributed by atoms with Crippen LogP contribution in [0.4, 0.5) is 5.69 Å². The second-order valence-corrected chi connectivity index (χ2v) is 7.14. The zero-order chi connectivity index (χ0) is 22.4. The number of thiocarbonyl (C=S) groups is 1. The van der Waals surface area contributed by atoms with Crippen LogP contribution in [0.1, 0.15) is 18.5 Å². The Labute approximate surface area is 187 Å². The molecule has 3 rings (SSSR count). The van der Waals surface area contributed by atoms with Gasteiger partial charge < -0.3 is 30.2 Å². The summed E-state index contributed by atoms with van der Waals surface area (Å²) in [6.07, 6.45) is 1.67. The number of amides is 1. The van der Waals surface area contributed by atoms with E-state index >= 15 is 0 Å². The minimum absolute atomic E-state index is 0.310. The summed E-state index contributed by atoms with van der Waals surface area (Å²) in [5.41, 5.74) is 2.41. The highest BCUT2D eigenvalue weighted by molar-refractivity contribution is 7.80. The summed E-state index contributed by atoms with van der Waals surface area (Å²) in [7, 11) is 3.10. The van der Waals surface area contributed by atoms with E-state index in [1.807, 2.05) is 31.2 Å². The zero-order valence-corrected chi connectivity index (χ0v) is 18.5. The van der Waals surface area contributed by atoms with Crippen molar-refractivity contribution >= 4 is 28.9 Å². The number of allylic oxidation sites excluding steroid dienone is 1. The molecular formula is C23H25N3O4S. The topological polar surface area (TPSA) is 80.9 Å². The molecular weight excluding hydrogens is 414 g/mol. The van der Waals surface area contributed by atoms with Crippen molar-refractivity contribution in [2.75, 3.05) is 26.1 Å². The summed E-state index contributed by atoms with van der Waals surface area (Å²) in [4.78, 5) is 13.4. The summed E-state index contributed by atoms with van der Waals surface area (Å²) in [5, 5.41) is 9.58. The second kappa shape index (κ2) is 9.99.